The lowest BCUT2D eigenvalue weighted by molar-refractivity contribution is -0.137. The summed E-state index contributed by atoms with van der Waals surface area (Å²) in [5, 5.41) is 11.4. The molecule has 1 atom stereocenters. The van der Waals surface area contributed by atoms with Crippen molar-refractivity contribution in [3.05, 3.63) is 0 Å². The Balaban J connectivity index is 2.20. The number of amides is 2. The molecule has 110 valence electrons. The number of likely N-dealkylation sites (tertiary alicyclic amines) is 1. The molecule has 19 heavy (non-hydrogen) atoms. The zero-order valence-electron chi connectivity index (χ0n) is 11.9. The summed E-state index contributed by atoms with van der Waals surface area (Å²) in [6.07, 6.45) is 3.66. The zero-order valence-corrected chi connectivity index (χ0v) is 11.9. The topological polar surface area (TPSA) is 72.9 Å². The van der Waals surface area contributed by atoms with Gasteiger partial charge in [0.1, 0.15) is 0 Å². The van der Waals surface area contributed by atoms with Crippen molar-refractivity contribution in [3.8, 4) is 0 Å². The van der Waals surface area contributed by atoms with E-state index < -0.39 is 5.97 Å². The fourth-order valence-corrected chi connectivity index (χ4v) is 2.27. The van der Waals surface area contributed by atoms with Crippen LogP contribution in [0.5, 0.6) is 0 Å². The number of urea groups is 1. The third-order valence-electron chi connectivity index (χ3n) is 3.51. The van der Waals surface area contributed by atoms with Gasteiger partial charge in [-0.25, -0.2) is 4.79 Å². The maximum atomic E-state index is 11.9. The van der Waals surface area contributed by atoms with Gasteiger partial charge in [0.25, 0.3) is 0 Å². The Kier molecular flexibility index (Phi) is 6.62. The van der Waals surface area contributed by atoms with E-state index in [4.69, 9.17) is 5.11 Å². The predicted molar refractivity (Wildman–Crippen MR) is 73.2 cm³/mol. The van der Waals surface area contributed by atoms with Crippen LogP contribution in [0.15, 0.2) is 0 Å². The van der Waals surface area contributed by atoms with Gasteiger partial charge in [-0.3, -0.25) is 4.79 Å². The average Bonchev–Trinajstić information content (AvgIpc) is 2.37. The highest BCUT2D eigenvalue weighted by Crippen LogP contribution is 2.13. The number of hydrogen-bond acceptors (Lipinski definition) is 3. The van der Waals surface area contributed by atoms with Crippen LogP contribution in [-0.4, -0.2) is 66.7 Å². The normalized spacial score (nSPS) is 19.5. The number of piperidine rings is 1. The molecule has 0 spiro atoms. The smallest absolute Gasteiger partial charge is 0.317 e. The molecule has 0 saturated carbocycles. The van der Waals surface area contributed by atoms with Gasteiger partial charge in [0.2, 0.25) is 0 Å². The van der Waals surface area contributed by atoms with Crippen molar-refractivity contribution in [2.24, 2.45) is 0 Å². The van der Waals surface area contributed by atoms with E-state index in [9.17, 15) is 9.59 Å². The Morgan fingerprint density at radius 3 is 2.74 bits per heavy atom. The third-order valence-corrected chi connectivity index (χ3v) is 3.51. The number of hydrogen-bond donors (Lipinski definition) is 2. The molecule has 2 amide bonds. The van der Waals surface area contributed by atoms with E-state index in [2.05, 4.69) is 10.2 Å². The van der Waals surface area contributed by atoms with Crippen LogP contribution in [-0.2, 0) is 4.79 Å². The number of carboxylic acid groups (broad SMARTS) is 1. The number of likely N-dealkylation sites (N-methyl/N-ethyl adjacent to an activating group) is 1. The lowest BCUT2D eigenvalue weighted by atomic mass is 10.1. The molecule has 6 heteroatoms. The fraction of sp³-hybridized carbons (Fsp3) is 0.846. The van der Waals surface area contributed by atoms with E-state index in [0.29, 0.717) is 25.4 Å². The molecule has 1 rings (SSSR count). The van der Waals surface area contributed by atoms with Gasteiger partial charge in [0.15, 0.2) is 0 Å². The second-order valence-corrected chi connectivity index (χ2v) is 5.29. The van der Waals surface area contributed by atoms with Gasteiger partial charge in [0, 0.05) is 32.1 Å². The maximum absolute atomic E-state index is 11.9. The second-order valence-electron chi connectivity index (χ2n) is 5.29. The second kappa shape index (κ2) is 7.99. The van der Waals surface area contributed by atoms with Gasteiger partial charge in [0.05, 0.1) is 0 Å². The lowest BCUT2D eigenvalue weighted by Crippen LogP contribution is -2.50. The molecule has 0 aromatic carbocycles. The van der Waals surface area contributed by atoms with Gasteiger partial charge < -0.3 is 20.2 Å². The van der Waals surface area contributed by atoms with Gasteiger partial charge in [-0.15, -0.1) is 0 Å². The van der Waals surface area contributed by atoms with Crippen molar-refractivity contribution < 1.29 is 14.7 Å². The van der Waals surface area contributed by atoms with Crippen molar-refractivity contribution >= 4 is 12.0 Å². The minimum Gasteiger partial charge on any atom is -0.481 e. The van der Waals surface area contributed by atoms with Crippen molar-refractivity contribution in [2.75, 3.05) is 33.7 Å². The first kappa shape index (κ1) is 15.8. The fourth-order valence-electron chi connectivity index (χ4n) is 2.27. The quantitative estimate of drug-likeness (QED) is 0.706. The summed E-state index contributed by atoms with van der Waals surface area (Å²) in [5.41, 5.74) is 0. The lowest BCUT2D eigenvalue weighted by Gasteiger charge is -2.36. The molecule has 1 aliphatic heterocycles. The van der Waals surface area contributed by atoms with E-state index in [1.165, 1.54) is 0 Å². The monoisotopic (exact) mass is 271 g/mol. The van der Waals surface area contributed by atoms with Gasteiger partial charge in [-0.1, -0.05) is 0 Å². The number of carboxylic acids is 1. The first-order chi connectivity index (χ1) is 9.00. The molecule has 0 aromatic rings. The van der Waals surface area contributed by atoms with Crippen LogP contribution in [0.1, 0.15) is 32.1 Å². The van der Waals surface area contributed by atoms with E-state index in [0.717, 1.165) is 25.9 Å². The molecule has 1 saturated heterocycles. The van der Waals surface area contributed by atoms with Gasteiger partial charge in [-0.05, 0) is 39.8 Å². The van der Waals surface area contributed by atoms with Gasteiger partial charge >= 0.3 is 12.0 Å². The standard InChI is InChI=1S/C13H25N3O3/c1-15(2)11-6-5-9-16(10-11)13(19)14-8-4-3-7-12(17)18/h11H,3-10H2,1-2H3,(H,14,19)(H,17,18). The van der Waals surface area contributed by atoms with Crippen molar-refractivity contribution in [1.29, 1.82) is 0 Å². The van der Waals surface area contributed by atoms with E-state index in [1.54, 1.807) is 0 Å². The summed E-state index contributed by atoms with van der Waals surface area (Å²) >= 11 is 0. The highest BCUT2D eigenvalue weighted by atomic mass is 16.4. The summed E-state index contributed by atoms with van der Waals surface area (Å²) in [4.78, 5) is 26.3. The molecule has 0 aliphatic carbocycles. The van der Waals surface area contributed by atoms with Crippen LogP contribution in [0.2, 0.25) is 0 Å². The number of carbonyl (C=O) groups excluding carboxylic acids is 1. The van der Waals surface area contributed by atoms with Gasteiger partial charge in [-0.2, -0.15) is 0 Å². The highest BCUT2D eigenvalue weighted by molar-refractivity contribution is 5.74. The Labute approximate surface area is 114 Å². The highest BCUT2D eigenvalue weighted by Gasteiger charge is 2.24. The molecular formula is C13H25N3O3. The van der Waals surface area contributed by atoms with E-state index >= 15 is 0 Å². The van der Waals surface area contributed by atoms with Crippen LogP contribution in [0.3, 0.4) is 0 Å². The minimum absolute atomic E-state index is 0.0260. The van der Waals surface area contributed by atoms with Crippen LogP contribution in [0.25, 0.3) is 0 Å². The van der Waals surface area contributed by atoms with Crippen LogP contribution in [0.4, 0.5) is 4.79 Å². The Morgan fingerprint density at radius 1 is 1.37 bits per heavy atom. The predicted octanol–water partition coefficient (Wildman–Crippen LogP) is 0.977. The SMILES string of the molecule is CN(C)C1CCCN(C(=O)NCCCCC(=O)O)C1. The summed E-state index contributed by atoms with van der Waals surface area (Å²) in [5.74, 6) is -0.781. The molecule has 1 heterocycles. The molecule has 1 fully saturated rings. The summed E-state index contributed by atoms with van der Waals surface area (Å²) in [7, 11) is 4.08. The third kappa shape index (κ3) is 5.92. The van der Waals surface area contributed by atoms with Crippen LogP contribution < -0.4 is 5.32 Å². The maximum Gasteiger partial charge on any atom is 0.317 e. The Bertz CT molecular complexity index is 308. The number of rotatable bonds is 6. The van der Waals surface area contributed by atoms with Crippen molar-refractivity contribution in [2.45, 2.75) is 38.1 Å². The molecule has 6 nitrogen and oxygen atoms in total. The zero-order chi connectivity index (χ0) is 14.3. The first-order valence-electron chi connectivity index (χ1n) is 6.91. The molecule has 0 radical (unpaired) electrons. The number of nitrogens with one attached hydrogen (secondary N) is 1. The van der Waals surface area contributed by atoms with Crippen LogP contribution in [0, 0.1) is 0 Å². The molecule has 0 aromatic heterocycles. The van der Waals surface area contributed by atoms with E-state index in [1.807, 2.05) is 19.0 Å². The average molecular weight is 271 g/mol. The Hall–Kier alpha value is -1.30. The molecule has 2 N–H and O–H groups in total. The summed E-state index contributed by atoms with van der Waals surface area (Å²) in [6, 6.07) is 0.411. The molecule has 1 unspecified atom stereocenters. The minimum atomic E-state index is -0.781. The van der Waals surface area contributed by atoms with Crippen molar-refractivity contribution in [1.82, 2.24) is 15.1 Å². The largest absolute Gasteiger partial charge is 0.481 e. The number of aliphatic carboxylic acids is 1. The summed E-state index contributed by atoms with van der Waals surface area (Å²) in [6.45, 7) is 2.13. The molecule has 1 aliphatic rings. The van der Waals surface area contributed by atoms with E-state index in [-0.39, 0.29) is 12.5 Å². The Morgan fingerprint density at radius 2 is 2.11 bits per heavy atom. The van der Waals surface area contributed by atoms with Crippen molar-refractivity contribution in [3.63, 3.8) is 0 Å². The molecule has 0 bridgehead atoms. The number of unbranched alkanes of at least 4 members (excludes halogenated alkanes) is 1. The first-order valence-corrected chi connectivity index (χ1v) is 6.91. The summed E-state index contributed by atoms with van der Waals surface area (Å²) < 4.78 is 0. The van der Waals surface area contributed by atoms with Crippen LogP contribution >= 0.6 is 0 Å². The number of nitrogens with zero attached hydrogens (tertiary/aromatic N) is 2. The molecular weight excluding hydrogens is 246 g/mol. The number of carbonyl (C=O) groups is 2.